The van der Waals surface area contributed by atoms with Crippen LogP contribution in [0, 0.1) is 0 Å². The summed E-state index contributed by atoms with van der Waals surface area (Å²) in [4.78, 5) is 0. The van der Waals surface area contributed by atoms with Gasteiger partial charge in [-0.25, -0.2) is 0 Å². The molecule has 27 heavy (non-hydrogen) atoms. The molecule has 0 unspecified atom stereocenters. The first-order valence-corrected chi connectivity index (χ1v) is 16.1. The van der Waals surface area contributed by atoms with Gasteiger partial charge in [-0.2, -0.15) is 0 Å². The molecule has 0 amide bonds. The zero-order valence-corrected chi connectivity index (χ0v) is 20.4. The van der Waals surface area contributed by atoms with E-state index in [9.17, 15) is 0 Å². The van der Waals surface area contributed by atoms with Gasteiger partial charge in [0.2, 0.25) is 0 Å². The Morgan fingerprint density at radius 2 is 1.04 bits per heavy atom. The Hall–Kier alpha value is 0.495. The molecule has 2 aliphatic heterocycles. The Bertz CT molecular complexity index is 326. The number of unbranched alkanes of at least 4 members (excludes halogenated alkanes) is 5. The average Bonchev–Trinajstić information content (AvgIpc) is 2.68. The fourth-order valence-electron chi connectivity index (χ4n) is 6.75. The molecule has 0 spiro atoms. The summed E-state index contributed by atoms with van der Waals surface area (Å²) >= 11 is 0. The number of hydrogen-bond donors (Lipinski definition) is 0. The van der Waals surface area contributed by atoms with E-state index in [1.165, 1.54) is 38.5 Å². The molecule has 2 fully saturated rings. The van der Waals surface area contributed by atoms with Crippen LogP contribution in [0.4, 0.5) is 0 Å². The summed E-state index contributed by atoms with van der Waals surface area (Å²) in [7, 11) is -0.971. The molecule has 0 aromatic carbocycles. The summed E-state index contributed by atoms with van der Waals surface area (Å²) in [5, 5.41) is 0. The number of hydrogen-bond acceptors (Lipinski definition) is 0. The van der Waals surface area contributed by atoms with Crippen LogP contribution in [0.5, 0.6) is 0 Å². The molecule has 2 heteroatoms. The molecule has 0 N–H and O–H groups in total. The van der Waals surface area contributed by atoms with E-state index in [0.29, 0.717) is 0 Å². The van der Waals surface area contributed by atoms with E-state index in [4.69, 9.17) is 0 Å². The second-order valence-electron chi connectivity index (χ2n) is 10.5. The van der Waals surface area contributed by atoms with Crippen molar-refractivity contribution in [2.24, 2.45) is 0 Å². The van der Waals surface area contributed by atoms with Crippen molar-refractivity contribution in [3.63, 3.8) is 0 Å². The molecule has 2 aliphatic rings. The summed E-state index contributed by atoms with van der Waals surface area (Å²) in [6, 6.07) is 0. The normalized spacial score (nSPS) is 23.6. The van der Waals surface area contributed by atoms with Gasteiger partial charge in [-0.3, -0.25) is 0 Å². The van der Waals surface area contributed by atoms with E-state index in [1.54, 1.807) is 88.8 Å². The third-order valence-corrected chi connectivity index (χ3v) is 14.1. The topological polar surface area (TPSA) is 0 Å². The van der Waals surface area contributed by atoms with Gasteiger partial charge >= 0.3 is 174 Å². The monoisotopic (exact) mass is 394 g/mol. The van der Waals surface area contributed by atoms with Crippen molar-refractivity contribution < 1.29 is 0 Å². The van der Waals surface area contributed by atoms with Gasteiger partial charge in [-0.1, -0.05) is 0 Å². The van der Waals surface area contributed by atoms with E-state index < -0.39 is 7.26 Å². The number of rotatable bonds is 15. The van der Waals surface area contributed by atoms with Gasteiger partial charge in [0.25, 0.3) is 0 Å². The third-order valence-electron chi connectivity index (χ3n) is 8.44. The van der Waals surface area contributed by atoms with Crippen LogP contribution in [-0.2, 0) is 0 Å². The van der Waals surface area contributed by atoms with Gasteiger partial charge in [0.1, 0.15) is 0 Å². The van der Waals surface area contributed by atoms with Crippen molar-refractivity contribution in [2.75, 3.05) is 24.6 Å². The molecule has 0 nitrogen and oxygen atoms in total. The second kappa shape index (κ2) is 13.7. The van der Waals surface area contributed by atoms with Crippen LogP contribution in [0.1, 0.15) is 117 Å². The summed E-state index contributed by atoms with van der Waals surface area (Å²) in [6.07, 6.45) is 31.1. The maximum atomic E-state index is 2.40. The van der Waals surface area contributed by atoms with Crippen molar-refractivity contribution in [1.29, 1.82) is 0 Å². The minimum atomic E-state index is -0.971. The Balaban J connectivity index is 1.75. The predicted molar refractivity (Wildman–Crippen MR) is 132 cm³/mol. The molecule has 0 atom stereocenters. The van der Waals surface area contributed by atoms with E-state index >= 15 is 0 Å². The van der Waals surface area contributed by atoms with Crippen LogP contribution in [0.3, 0.4) is 0 Å². The summed E-state index contributed by atoms with van der Waals surface area (Å²) in [6.45, 7) is 8.34. The number of fused-ring (bicyclic) bond motifs is 2. The van der Waals surface area contributed by atoms with Crippen molar-refractivity contribution in [3.8, 4) is 0 Å². The molecule has 2 bridgehead atoms. The molecule has 0 saturated carbocycles. The zero-order chi connectivity index (χ0) is 19.4. The molecule has 2 saturated heterocycles. The zero-order valence-electron chi connectivity index (χ0n) is 19.4. The van der Waals surface area contributed by atoms with Gasteiger partial charge in [-0.05, 0) is 0 Å². The van der Waals surface area contributed by atoms with Crippen molar-refractivity contribution in [2.45, 2.75) is 135 Å². The van der Waals surface area contributed by atoms with E-state index in [1.807, 2.05) is 0 Å². The van der Waals surface area contributed by atoms with Crippen LogP contribution in [0.25, 0.3) is 0 Å². The Kier molecular flexibility index (Phi) is 12.0. The summed E-state index contributed by atoms with van der Waals surface area (Å²) in [5.41, 5.74) is 0. The first-order chi connectivity index (χ1) is 13.2. The molecule has 0 aliphatic carbocycles. The Morgan fingerprint density at radius 1 is 0.593 bits per heavy atom. The van der Waals surface area contributed by atoms with Crippen LogP contribution < -0.4 is 0 Å². The van der Waals surface area contributed by atoms with Crippen LogP contribution in [0.2, 0.25) is 18.0 Å². The molecule has 0 radical (unpaired) electrons. The van der Waals surface area contributed by atoms with Crippen molar-refractivity contribution in [3.05, 3.63) is 0 Å². The molecule has 0 aromatic heterocycles. The predicted octanol–water partition coefficient (Wildman–Crippen LogP) is 8.91. The fourth-order valence-corrected chi connectivity index (χ4v) is 12.6. The van der Waals surface area contributed by atoms with Crippen molar-refractivity contribution in [1.82, 2.24) is 0 Å². The minimum absolute atomic E-state index is 0.971. The Morgan fingerprint density at radius 3 is 1.48 bits per heavy atom. The Labute approximate surface area is 173 Å². The van der Waals surface area contributed by atoms with Crippen LogP contribution >= 0.6 is 7.26 Å². The fraction of sp³-hybridized carbons (Fsp3) is 1.00. The first-order valence-electron chi connectivity index (χ1n) is 13.2. The van der Waals surface area contributed by atoms with E-state index in [2.05, 4.69) is 20.8 Å². The molecule has 2 heterocycles. The van der Waals surface area contributed by atoms with Gasteiger partial charge in [-0.15, -0.1) is 0 Å². The molecule has 2 rings (SSSR count). The first kappa shape index (κ1) is 23.8. The van der Waals surface area contributed by atoms with Gasteiger partial charge < -0.3 is 0 Å². The second-order valence-corrected chi connectivity index (χ2v) is 15.5. The average molecular weight is 394 g/mol. The van der Waals surface area contributed by atoms with Gasteiger partial charge in [0.05, 0.1) is 0 Å². The molecule has 160 valence electrons. The standard InChI is InChI=1S/C25H52BP/c1-4-7-20-27(21-8-5-2,22-9-6-3)23-12-10-11-19-26-24-15-13-16-25(26)18-14-17-24/h24-25,27H,4-23H2,1-3H3. The molecular formula is C25H52BP. The van der Waals surface area contributed by atoms with Crippen molar-refractivity contribution >= 4 is 14.0 Å². The molecular weight excluding hydrogens is 342 g/mol. The third kappa shape index (κ3) is 8.03. The SMILES string of the molecule is CCCC[PH](CCCC)(CCCC)CCCCCB1C2CCCC1CCC2. The van der Waals surface area contributed by atoms with Crippen LogP contribution in [-0.4, -0.2) is 31.4 Å². The van der Waals surface area contributed by atoms with E-state index in [-0.39, 0.29) is 0 Å². The quantitative estimate of drug-likeness (QED) is 0.148. The summed E-state index contributed by atoms with van der Waals surface area (Å²) < 4.78 is 0. The molecule has 0 aromatic rings. The van der Waals surface area contributed by atoms with Crippen LogP contribution in [0.15, 0.2) is 0 Å². The summed E-state index contributed by atoms with van der Waals surface area (Å²) in [5.74, 6) is 2.26. The maximum absolute atomic E-state index is 2.40. The van der Waals surface area contributed by atoms with Gasteiger partial charge in [0, 0.05) is 0 Å². The van der Waals surface area contributed by atoms with Gasteiger partial charge in [0.15, 0.2) is 0 Å². The van der Waals surface area contributed by atoms with E-state index in [0.717, 1.165) is 18.3 Å².